The van der Waals surface area contributed by atoms with Crippen molar-refractivity contribution in [2.24, 2.45) is 0 Å². The van der Waals surface area contributed by atoms with Crippen LogP contribution in [0.2, 0.25) is 0 Å². The predicted molar refractivity (Wildman–Crippen MR) is 103 cm³/mol. The molecule has 1 N–H and O–H groups in total. The third-order valence-corrected chi connectivity index (χ3v) is 7.42. The molecule has 0 unspecified atom stereocenters. The standard InChI is InChI=1S/C18H13BrFNO3S2/c1-11-2-5-13(6-3-11)26(23,24)17-9-8-16(25-17)18(22)21-15-7-4-12(19)10-14(15)20/h2-10H,1H3,(H,21,22). The maximum Gasteiger partial charge on any atom is 0.265 e. The highest BCUT2D eigenvalue weighted by Gasteiger charge is 2.22. The van der Waals surface area contributed by atoms with Crippen LogP contribution in [0, 0.1) is 12.7 Å². The van der Waals surface area contributed by atoms with Crippen molar-refractivity contribution in [3.63, 3.8) is 0 Å². The third-order valence-electron chi connectivity index (χ3n) is 3.58. The fourth-order valence-corrected chi connectivity index (χ4v) is 5.13. The number of aryl methyl sites for hydroxylation is 1. The molecule has 0 aliphatic heterocycles. The van der Waals surface area contributed by atoms with Gasteiger partial charge in [-0.15, -0.1) is 11.3 Å². The fourth-order valence-electron chi connectivity index (χ4n) is 2.19. The van der Waals surface area contributed by atoms with Gasteiger partial charge in [0.05, 0.1) is 15.5 Å². The van der Waals surface area contributed by atoms with E-state index in [9.17, 15) is 17.6 Å². The topological polar surface area (TPSA) is 63.2 Å². The van der Waals surface area contributed by atoms with Crippen LogP contribution in [0.3, 0.4) is 0 Å². The van der Waals surface area contributed by atoms with Crippen molar-refractivity contribution in [2.75, 3.05) is 5.32 Å². The van der Waals surface area contributed by atoms with Crippen LogP contribution >= 0.6 is 27.3 Å². The van der Waals surface area contributed by atoms with E-state index in [0.717, 1.165) is 16.9 Å². The molecule has 3 aromatic rings. The molecular formula is C18H13BrFNO3S2. The first-order chi connectivity index (χ1) is 12.3. The van der Waals surface area contributed by atoms with Crippen molar-refractivity contribution in [1.29, 1.82) is 0 Å². The lowest BCUT2D eigenvalue weighted by molar-refractivity contribution is 0.103. The number of rotatable bonds is 4. The zero-order chi connectivity index (χ0) is 18.9. The Morgan fingerprint density at radius 3 is 2.42 bits per heavy atom. The number of thiophene rings is 1. The highest BCUT2D eigenvalue weighted by atomic mass is 79.9. The molecule has 8 heteroatoms. The average molecular weight is 454 g/mol. The molecule has 0 saturated carbocycles. The van der Waals surface area contributed by atoms with E-state index in [1.165, 1.54) is 36.4 Å². The quantitative estimate of drug-likeness (QED) is 0.601. The lowest BCUT2D eigenvalue weighted by Gasteiger charge is -2.05. The molecule has 0 aliphatic rings. The van der Waals surface area contributed by atoms with Crippen LogP contribution in [0.4, 0.5) is 10.1 Å². The second-order valence-electron chi connectivity index (χ2n) is 5.51. The van der Waals surface area contributed by atoms with Gasteiger partial charge in [-0.1, -0.05) is 33.6 Å². The first-order valence-electron chi connectivity index (χ1n) is 7.45. The Balaban J connectivity index is 1.85. The molecular weight excluding hydrogens is 441 g/mol. The molecule has 1 heterocycles. The van der Waals surface area contributed by atoms with Crippen LogP contribution < -0.4 is 5.32 Å². The molecule has 134 valence electrons. The minimum atomic E-state index is -3.70. The summed E-state index contributed by atoms with van der Waals surface area (Å²) in [6, 6.07) is 13.5. The first-order valence-corrected chi connectivity index (χ1v) is 10.5. The average Bonchev–Trinajstić information content (AvgIpc) is 3.09. The number of nitrogens with one attached hydrogen (secondary N) is 1. The Kier molecular flexibility index (Phi) is 5.27. The molecule has 0 spiro atoms. The molecule has 1 aromatic heterocycles. The molecule has 1 amide bonds. The second kappa shape index (κ2) is 7.30. The highest BCUT2D eigenvalue weighted by Crippen LogP contribution is 2.29. The van der Waals surface area contributed by atoms with Gasteiger partial charge >= 0.3 is 0 Å². The van der Waals surface area contributed by atoms with E-state index in [1.807, 2.05) is 6.92 Å². The largest absolute Gasteiger partial charge is 0.319 e. The molecule has 0 atom stereocenters. The maximum atomic E-state index is 13.8. The Hall–Kier alpha value is -2.03. The van der Waals surface area contributed by atoms with Crippen LogP contribution in [0.1, 0.15) is 15.2 Å². The molecule has 3 rings (SSSR count). The SMILES string of the molecule is Cc1ccc(S(=O)(=O)c2ccc(C(=O)Nc3ccc(Br)cc3F)s2)cc1. The van der Waals surface area contributed by atoms with Crippen molar-refractivity contribution in [3.8, 4) is 0 Å². The van der Waals surface area contributed by atoms with E-state index >= 15 is 0 Å². The Morgan fingerprint density at radius 2 is 1.77 bits per heavy atom. The summed E-state index contributed by atoms with van der Waals surface area (Å²) in [7, 11) is -3.70. The number of benzene rings is 2. The van der Waals surface area contributed by atoms with Crippen molar-refractivity contribution >= 4 is 48.7 Å². The van der Waals surface area contributed by atoms with Gasteiger partial charge in [0.15, 0.2) is 0 Å². The summed E-state index contributed by atoms with van der Waals surface area (Å²) >= 11 is 3.99. The van der Waals surface area contributed by atoms with Crippen LogP contribution in [-0.2, 0) is 9.84 Å². The maximum absolute atomic E-state index is 13.8. The number of hydrogen-bond acceptors (Lipinski definition) is 4. The van der Waals surface area contributed by atoms with Gasteiger partial charge in [-0.2, -0.15) is 0 Å². The summed E-state index contributed by atoms with van der Waals surface area (Å²) in [5.74, 6) is -1.15. The summed E-state index contributed by atoms with van der Waals surface area (Å²) in [5.41, 5.74) is 0.973. The van der Waals surface area contributed by atoms with Crippen molar-refractivity contribution in [1.82, 2.24) is 0 Å². The zero-order valence-electron chi connectivity index (χ0n) is 13.5. The molecule has 2 aromatic carbocycles. The van der Waals surface area contributed by atoms with Gasteiger partial charge in [-0.25, -0.2) is 12.8 Å². The van der Waals surface area contributed by atoms with E-state index < -0.39 is 21.6 Å². The van der Waals surface area contributed by atoms with Gasteiger partial charge in [0.1, 0.15) is 10.0 Å². The van der Waals surface area contributed by atoms with E-state index in [1.54, 1.807) is 18.2 Å². The Bertz CT molecular complexity index is 1080. The lowest BCUT2D eigenvalue weighted by Crippen LogP contribution is -2.11. The number of hydrogen-bond donors (Lipinski definition) is 1. The highest BCUT2D eigenvalue weighted by molar-refractivity contribution is 9.10. The second-order valence-corrected chi connectivity index (χ2v) is 9.69. The normalized spacial score (nSPS) is 11.3. The molecule has 0 fully saturated rings. The van der Waals surface area contributed by atoms with Gasteiger partial charge in [0, 0.05) is 4.47 Å². The summed E-state index contributed by atoms with van der Waals surface area (Å²) in [5, 5.41) is 2.45. The minimum Gasteiger partial charge on any atom is -0.319 e. The molecule has 0 aliphatic carbocycles. The summed E-state index contributed by atoms with van der Waals surface area (Å²) < 4.78 is 39.7. The predicted octanol–water partition coefficient (Wildman–Crippen LogP) is 5.04. The van der Waals surface area contributed by atoms with Crippen molar-refractivity contribution < 1.29 is 17.6 Å². The van der Waals surface area contributed by atoms with Gasteiger partial charge in [0.25, 0.3) is 5.91 Å². The molecule has 0 saturated heterocycles. The van der Waals surface area contributed by atoms with Crippen LogP contribution in [-0.4, -0.2) is 14.3 Å². The summed E-state index contributed by atoms with van der Waals surface area (Å²) in [6.45, 7) is 1.87. The number of carbonyl (C=O) groups excluding carboxylic acids is 1. The van der Waals surface area contributed by atoms with E-state index in [-0.39, 0.29) is 19.7 Å². The number of anilines is 1. The molecule has 26 heavy (non-hydrogen) atoms. The zero-order valence-corrected chi connectivity index (χ0v) is 16.7. The van der Waals surface area contributed by atoms with E-state index in [2.05, 4.69) is 21.2 Å². The third kappa shape index (κ3) is 3.87. The molecule has 4 nitrogen and oxygen atoms in total. The van der Waals surface area contributed by atoms with Crippen molar-refractivity contribution in [3.05, 3.63) is 75.3 Å². The van der Waals surface area contributed by atoms with Crippen molar-refractivity contribution in [2.45, 2.75) is 16.0 Å². The van der Waals surface area contributed by atoms with Gasteiger partial charge in [0.2, 0.25) is 9.84 Å². The Labute approximate surface area is 162 Å². The molecule has 0 bridgehead atoms. The van der Waals surface area contributed by atoms with Gasteiger partial charge in [-0.3, -0.25) is 4.79 Å². The fraction of sp³-hybridized carbons (Fsp3) is 0.0556. The number of carbonyl (C=O) groups is 1. The van der Waals surface area contributed by atoms with Gasteiger partial charge in [-0.05, 0) is 49.4 Å². The smallest absolute Gasteiger partial charge is 0.265 e. The van der Waals surface area contributed by atoms with E-state index in [4.69, 9.17) is 0 Å². The monoisotopic (exact) mass is 453 g/mol. The van der Waals surface area contributed by atoms with Crippen LogP contribution in [0.25, 0.3) is 0 Å². The van der Waals surface area contributed by atoms with Crippen LogP contribution in [0.15, 0.2) is 68.2 Å². The summed E-state index contributed by atoms with van der Waals surface area (Å²) in [4.78, 5) is 12.6. The van der Waals surface area contributed by atoms with Gasteiger partial charge < -0.3 is 5.32 Å². The number of halogens is 2. The first kappa shape index (κ1) is 18.8. The van der Waals surface area contributed by atoms with Crippen LogP contribution in [0.5, 0.6) is 0 Å². The lowest BCUT2D eigenvalue weighted by atomic mass is 10.2. The molecule has 0 radical (unpaired) electrons. The summed E-state index contributed by atoms with van der Waals surface area (Å²) in [6.07, 6.45) is 0. The minimum absolute atomic E-state index is 0.0227. The number of amides is 1. The number of sulfone groups is 1. The van der Waals surface area contributed by atoms with E-state index in [0.29, 0.717) is 4.47 Å². The Morgan fingerprint density at radius 1 is 1.08 bits per heavy atom.